The number of carbonyl (C=O) groups is 9. The predicted octanol–water partition coefficient (Wildman–Crippen LogP) is 7.55. The molecule has 3 aliphatic heterocycles. The van der Waals surface area contributed by atoms with Gasteiger partial charge in [0.15, 0.2) is 11.5 Å². The number of pyridine rings is 1. The Bertz CT molecular complexity index is 3290. The Morgan fingerprint density at radius 3 is 2.16 bits per heavy atom. The third-order valence-corrected chi connectivity index (χ3v) is 15.3. The fraction of sp³-hybridized carbons (Fsp3) is 0.373. The van der Waals surface area contributed by atoms with Crippen LogP contribution < -0.4 is 41.4 Å². The van der Waals surface area contributed by atoms with Crippen LogP contribution in [0.3, 0.4) is 0 Å². The molecule has 430 valence electrons. The van der Waals surface area contributed by atoms with Gasteiger partial charge in [-0.05, 0) is 118 Å². The number of nitrogens with one attached hydrogen (secondary N) is 6. The third-order valence-electron chi connectivity index (χ3n) is 14.0. The van der Waals surface area contributed by atoms with Crippen molar-refractivity contribution in [2.24, 2.45) is 18.0 Å². The van der Waals surface area contributed by atoms with Gasteiger partial charge in [-0.15, -0.1) is 11.3 Å². The topological polar surface area (TPSA) is 281 Å². The molecule has 3 atom stereocenters. The van der Waals surface area contributed by atoms with E-state index in [2.05, 4.69) is 41.9 Å². The lowest BCUT2D eigenvalue weighted by Gasteiger charge is -2.32. The highest BCUT2D eigenvalue weighted by molar-refractivity contribution is 7.17. The summed E-state index contributed by atoms with van der Waals surface area (Å²) in [6, 6.07) is 14.9. The third kappa shape index (κ3) is 14.9. The fourth-order valence-corrected chi connectivity index (χ4v) is 10.6. The molecule has 6 heterocycles. The van der Waals surface area contributed by atoms with Gasteiger partial charge in [-0.1, -0.05) is 20.3 Å². The molecule has 0 saturated carbocycles. The molecule has 0 aliphatic carbocycles. The average molecular weight is 1140 g/mol. The Morgan fingerprint density at radius 2 is 1.45 bits per heavy atom. The number of hydrogen-bond acceptors (Lipinski definition) is 14. The van der Waals surface area contributed by atoms with Crippen molar-refractivity contribution in [1.82, 2.24) is 30.0 Å². The highest BCUT2D eigenvalue weighted by Gasteiger charge is 2.32. The van der Waals surface area contributed by atoms with Crippen LogP contribution in [-0.2, 0) is 35.8 Å². The van der Waals surface area contributed by atoms with Gasteiger partial charge in [0.1, 0.15) is 17.8 Å². The molecule has 6 N–H and O–H groups in total. The van der Waals surface area contributed by atoms with E-state index in [0.29, 0.717) is 94.0 Å². The van der Waals surface area contributed by atoms with Crippen molar-refractivity contribution in [2.45, 2.75) is 104 Å². The molecule has 2 aromatic carbocycles. The zero-order valence-electron chi connectivity index (χ0n) is 46.6. The number of thiophene rings is 1. The number of unbranched alkanes of at least 4 members (excludes halogenated alkanes) is 2. The second kappa shape index (κ2) is 27.0. The maximum atomic E-state index is 13.5. The van der Waals surface area contributed by atoms with Crippen molar-refractivity contribution in [3.8, 4) is 22.1 Å². The minimum atomic E-state index is -0.952. The molecule has 0 spiro atoms. The number of aliphatic imine (C=N–C) groups is 1. The maximum Gasteiger partial charge on any atom is 0.272 e. The molecule has 8 rings (SSSR count). The number of aryl methyl sites for hydroxylation is 2. The lowest BCUT2D eigenvalue weighted by Crippen LogP contribution is -2.53. The molecule has 22 nitrogen and oxygen atoms in total. The molecular weight excluding hydrogens is 1070 g/mol. The molecule has 9 amide bonds. The SMILES string of the molecule is COc1cc2c(cc1OCCCC(=O)Nc1cc(C(=O)Nc3ccc(-c4cc(C)c(C(=O)Nc5ccc(NC(=O)[C@H](C)NC(=O)[C@@H](NC(=O)CCCCCN6C(=O)C=CC6=O)C(C)C)cc5)s4)nc3)n(C)c1)N=C[C@@H]1CCCCN1C2=O. The van der Waals surface area contributed by atoms with Crippen molar-refractivity contribution in [2.75, 3.05) is 48.1 Å². The molecule has 3 aromatic heterocycles. The summed E-state index contributed by atoms with van der Waals surface area (Å²) in [5, 5.41) is 16.8. The summed E-state index contributed by atoms with van der Waals surface area (Å²) in [5.74, 6) is -2.58. The first-order valence-electron chi connectivity index (χ1n) is 27.3. The summed E-state index contributed by atoms with van der Waals surface area (Å²) in [6.07, 6.45) is 12.7. The van der Waals surface area contributed by atoms with Gasteiger partial charge in [0, 0.05) is 75.0 Å². The smallest absolute Gasteiger partial charge is 0.272 e. The van der Waals surface area contributed by atoms with E-state index in [1.807, 2.05) is 24.1 Å². The van der Waals surface area contributed by atoms with Gasteiger partial charge in [0.25, 0.3) is 29.5 Å². The first-order chi connectivity index (χ1) is 39.3. The highest BCUT2D eigenvalue weighted by atomic mass is 32.1. The molecule has 0 radical (unpaired) electrons. The summed E-state index contributed by atoms with van der Waals surface area (Å²) in [7, 11) is 3.20. The van der Waals surface area contributed by atoms with Crippen molar-refractivity contribution in [3.63, 3.8) is 0 Å². The molecule has 0 unspecified atom stereocenters. The molecular formula is C59H67N11O11S. The number of fused-ring (bicyclic) bond motifs is 2. The molecule has 23 heteroatoms. The first kappa shape index (κ1) is 59.1. The van der Waals surface area contributed by atoms with Gasteiger partial charge in [-0.2, -0.15) is 0 Å². The zero-order valence-corrected chi connectivity index (χ0v) is 47.4. The van der Waals surface area contributed by atoms with E-state index >= 15 is 0 Å². The molecule has 5 aromatic rings. The summed E-state index contributed by atoms with van der Waals surface area (Å²) >= 11 is 1.25. The molecule has 3 aliphatic rings. The van der Waals surface area contributed by atoms with E-state index in [4.69, 9.17) is 9.47 Å². The predicted molar refractivity (Wildman–Crippen MR) is 311 cm³/mol. The molecule has 82 heavy (non-hydrogen) atoms. The molecule has 1 fully saturated rings. The minimum absolute atomic E-state index is 0.0322. The second-order valence-corrected chi connectivity index (χ2v) is 21.7. The number of ether oxygens (including phenoxy) is 2. The number of imide groups is 1. The summed E-state index contributed by atoms with van der Waals surface area (Å²) in [5.41, 5.74) is 4.36. The van der Waals surface area contributed by atoms with E-state index in [1.54, 1.807) is 86.3 Å². The number of anilines is 4. The van der Waals surface area contributed by atoms with Crippen LogP contribution in [0, 0.1) is 12.8 Å². The normalized spacial score (nSPS) is 15.3. The van der Waals surface area contributed by atoms with Crippen molar-refractivity contribution in [1.29, 1.82) is 0 Å². The summed E-state index contributed by atoms with van der Waals surface area (Å²) < 4.78 is 13.2. The highest BCUT2D eigenvalue weighted by Crippen LogP contribution is 2.38. The van der Waals surface area contributed by atoms with Gasteiger partial charge in [-0.3, -0.25) is 58.0 Å². The number of piperidine rings is 1. The number of nitrogens with zero attached hydrogens (tertiary/aromatic N) is 5. The standard InChI is InChI=1S/C59H67N11O11S/c1-34(2)53(67-50(72)14-8-7-10-25-70-51(73)22-23-52(70)74)57(77)62-36(4)55(75)64-37-16-18-38(19-17-37)65-58(78)54-35(3)27-48(82-54)43-21-20-39(31-60-43)66-56(76)45-28-40(33-68(45)5)63-49(71)15-12-26-81-47-30-44-42(29-46(47)80-6)59(79)69-24-11-9-13-41(69)32-61-44/h16-23,27-34,36,41,53H,7-15,24-26H2,1-6H3,(H,62,77)(H,63,71)(H,64,75)(H,65,78)(H,66,76)(H,67,72)/t36-,41-,53-/m0/s1. The monoisotopic (exact) mass is 1140 g/mol. The molecule has 0 bridgehead atoms. The summed E-state index contributed by atoms with van der Waals surface area (Å²) in [4.78, 5) is 129. The lowest BCUT2D eigenvalue weighted by molar-refractivity contribution is -0.137. The van der Waals surface area contributed by atoms with Crippen LogP contribution in [0.5, 0.6) is 11.5 Å². The maximum absolute atomic E-state index is 13.5. The van der Waals surface area contributed by atoms with Crippen LogP contribution >= 0.6 is 11.3 Å². The van der Waals surface area contributed by atoms with E-state index in [1.165, 1.54) is 43.7 Å². The Kier molecular flexibility index (Phi) is 19.5. The lowest BCUT2D eigenvalue weighted by atomic mass is 10.0. The number of hydrogen-bond donors (Lipinski definition) is 6. The van der Waals surface area contributed by atoms with Crippen LogP contribution in [0.2, 0.25) is 0 Å². The van der Waals surface area contributed by atoms with E-state index in [9.17, 15) is 43.2 Å². The fourth-order valence-electron chi connectivity index (χ4n) is 9.53. The van der Waals surface area contributed by atoms with E-state index < -0.39 is 29.8 Å². The van der Waals surface area contributed by atoms with Gasteiger partial charge < -0.3 is 50.8 Å². The van der Waals surface area contributed by atoms with Gasteiger partial charge in [0.05, 0.1) is 64.0 Å². The van der Waals surface area contributed by atoms with Crippen molar-refractivity contribution in [3.05, 3.63) is 107 Å². The molecule has 1 saturated heterocycles. The summed E-state index contributed by atoms with van der Waals surface area (Å²) in [6.45, 7) is 8.08. The van der Waals surface area contributed by atoms with Crippen LogP contribution in [0.25, 0.3) is 10.6 Å². The Balaban J connectivity index is 0.751. The van der Waals surface area contributed by atoms with Crippen LogP contribution in [-0.4, -0.2) is 124 Å². The number of methoxy groups -OCH3 is 1. The minimum Gasteiger partial charge on any atom is -0.493 e. The van der Waals surface area contributed by atoms with Gasteiger partial charge >= 0.3 is 0 Å². The van der Waals surface area contributed by atoms with Crippen LogP contribution in [0.1, 0.15) is 115 Å². The van der Waals surface area contributed by atoms with Crippen molar-refractivity contribution >= 4 is 99.2 Å². The largest absolute Gasteiger partial charge is 0.493 e. The first-order valence-corrected chi connectivity index (χ1v) is 28.1. The zero-order chi connectivity index (χ0) is 58.6. The van der Waals surface area contributed by atoms with Gasteiger partial charge in [0.2, 0.25) is 23.6 Å². The Morgan fingerprint density at radius 1 is 0.744 bits per heavy atom. The van der Waals surface area contributed by atoms with Crippen molar-refractivity contribution < 1.29 is 52.6 Å². The number of amides is 9. The Hall–Kier alpha value is -8.99. The van der Waals surface area contributed by atoms with E-state index in [0.717, 1.165) is 34.6 Å². The van der Waals surface area contributed by atoms with Gasteiger partial charge in [-0.25, -0.2) is 0 Å². The number of aromatic nitrogens is 2. The number of rotatable bonds is 24. The van der Waals surface area contributed by atoms with Crippen LogP contribution in [0.15, 0.2) is 90.2 Å². The van der Waals surface area contributed by atoms with Crippen LogP contribution in [0.4, 0.5) is 28.4 Å². The average Bonchev–Trinajstić information content (AvgIpc) is 4.18. The number of carbonyl (C=O) groups excluding carboxylic acids is 9. The number of benzene rings is 2. The Labute approximate surface area is 478 Å². The quantitative estimate of drug-likeness (QED) is 0.0258. The second-order valence-electron chi connectivity index (χ2n) is 20.6. The van der Waals surface area contributed by atoms with E-state index in [-0.39, 0.29) is 73.4 Å².